The van der Waals surface area contributed by atoms with Crippen molar-refractivity contribution in [2.75, 3.05) is 26.8 Å². The molecule has 0 saturated heterocycles. The lowest BCUT2D eigenvalue weighted by Crippen LogP contribution is -2.46. The monoisotopic (exact) mass is 340 g/mol. The van der Waals surface area contributed by atoms with Crippen LogP contribution in [0.3, 0.4) is 0 Å². The van der Waals surface area contributed by atoms with E-state index in [-0.39, 0.29) is 18.3 Å². The fraction of sp³-hybridized carbons (Fsp3) is 0.611. The molecule has 2 N–H and O–H groups in total. The number of amides is 1. The fourth-order valence-corrected chi connectivity index (χ4v) is 3.19. The molecule has 0 aliphatic heterocycles. The van der Waals surface area contributed by atoms with Gasteiger partial charge in [0, 0.05) is 19.7 Å². The molecule has 4 nitrogen and oxygen atoms in total. The Morgan fingerprint density at radius 1 is 1.22 bits per heavy atom. The van der Waals surface area contributed by atoms with Gasteiger partial charge in [-0.2, -0.15) is 0 Å². The van der Waals surface area contributed by atoms with Crippen molar-refractivity contribution in [2.45, 2.75) is 38.1 Å². The highest BCUT2D eigenvalue weighted by Crippen LogP contribution is 2.27. The van der Waals surface area contributed by atoms with Gasteiger partial charge in [-0.1, -0.05) is 43.2 Å². The molecular weight excluding hydrogens is 312 g/mol. The zero-order valence-electron chi connectivity index (χ0n) is 13.9. The molecule has 0 bridgehead atoms. The molecule has 1 saturated carbocycles. The Bertz CT molecular complexity index is 442. The quantitative estimate of drug-likeness (QED) is 0.715. The van der Waals surface area contributed by atoms with Gasteiger partial charge in [0.05, 0.1) is 13.2 Å². The number of hydrogen-bond acceptors (Lipinski definition) is 3. The van der Waals surface area contributed by atoms with Crippen LogP contribution in [-0.4, -0.2) is 38.8 Å². The molecule has 0 radical (unpaired) electrons. The Balaban J connectivity index is 0.00000264. The van der Waals surface area contributed by atoms with Crippen LogP contribution in [0.1, 0.15) is 31.2 Å². The summed E-state index contributed by atoms with van der Waals surface area (Å²) in [4.78, 5) is 12.1. The van der Waals surface area contributed by atoms with E-state index in [0.29, 0.717) is 31.7 Å². The maximum Gasteiger partial charge on any atom is 0.234 e. The van der Waals surface area contributed by atoms with Gasteiger partial charge >= 0.3 is 0 Å². The van der Waals surface area contributed by atoms with Crippen LogP contribution in [0.25, 0.3) is 0 Å². The van der Waals surface area contributed by atoms with E-state index >= 15 is 0 Å². The first-order valence-electron chi connectivity index (χ1n) is 8.32. The summed E-state index contributed by atoms with van der Waals surface area (Å²) in [5.74, 6) is 0.653. The smallest absolute Gasteiger partial charge is 0.234 e. The van der Waals surface area contributed by atoms with Gasteiger partial charge in [-0.05, 0) is 30.7 Å². The third-order valence-corrected chi connectivity index (χ3v) is 4.36. The molecule has 1 aliphatic rings. The molecular formula is C18H29ClN2O2. The van der Waals surface area contributed by atoms with E-state index in [1.165, 1.54) is 24.8 Å². The molecule has 1 aliphatic carbocycles. The van der Waals surface area contributed by atoms with Crippen molar-refractivity contribution in [1.29, 1.82) is 0 Å². The Morgan fingerprint density at radius 2 is 1.96 bits per heavy atom. The molecule has 23 heavy (non-hydrogen) atoms. The van der Waals surface area contributed by atoms with Crippen molar-refractivity contribution < 1.29 is 9.53 Å². The summed E-state index contributed by atoms with van der Waals surface area (Å²) in [6, 6.07) is 10.9. The minimum atomic E-state index is 0. The molecule has 2 atom stereocenters. The number of hydrogen-bond donors (Lipinski definition) is 2. The van der Waals surface area contributed by atoms with Gasteiger partial charge in [-0.25, -0.2) is 0 Å². The van der Waals surface area contributed by atoms with Crippen molar-refractivity contribution in [1.82, 2.24) is 10.6 Å². The highest BCUT2D eigenvalue weighted by molar-refractivity contribution is 5.85. The average molecular weight is 341 g/mol. The van der Waals surface area contributed by atoms with Crippen molar-refractivity contribution in [3.8, 4) is 0 Å². The molecule has 130 valence electrons. The first-order chi connectivity index (χ1) is 10.8. The molecule has 5 heteroatoms. The lowest BCUT2D eigenvalue weighted by Gasteiger charge is -2.32. The molecule has 1 amide bonds. The standard InChI is InChI=1S/C18H28N2O2.ClH/c1-22-12-11-19-14-18(21)20-17-10-6-5-9-16(17)13-15-7-3-2-4-8-15;/h2-4,7-8,16-17,19H,5-6,9-14H2,1H3,(H,20,21);1H. The molecule has 2 rings (SSSR count). The Hall–Kier alpha value is -1.10. The molecule has 0 aromatic heterocycles. The summed E-state index contributed by atoms with van der Waals surface area (Å²) < 4.78 is 4.96. The third kappa shape index (κ3) is 7.34. The van der Waals surface area contributed by atoms with E-state index in [1.54, 1.807) is 7.11 Å². The number of carbonyl (C=O) groups excluding carboxylic acids is 1. The van der Waals surface area contributed by atoms with Crippen molar-refractivity contribution in [2.24, 2.45) is 5.92 Å². The predicted molar refractivity (Wildman–Crippen MR) is 96.0 cm³/mol. The van der Waals surface area contributed by atoms with Crippen LogP contribution in [0.4, 0.5) is 0 Å². The van der Waals surface area contributed by atoms with E-state index in [0.717, 1.165) is 12.8 Å². The zero-order valence-corrected chi connectivity index (χ0v) is 14.7. The number of rotatable bonds is 8. The third-order valence-electron chi connectivity index (χ3n) is 4.36. The minimum absolute atomic E-state index is 0. The summed E-state index contributed by atoms with van der Waals surface area (Å²) >= 11 is 0. The Kier molecular flexibility index (Phi) is 9.92. The molecule has 2 unspecified atom stereocenters. The second-order valence-electron chi connectivity index (χ2n) is 6.08. The number of benzene rings is 1. The summed E-state index contributed by atoms with van der Waals surface area (Å²) in [7, 11) is 1.66. The Morgan fingerprint density at radius 3 is 2.70 bits per heavy atom. The van der Waals surface area contributed by atoms with E-state index in [1.807, 2.05) is 0 Å². The van der Waals surface area contributed by atoms with E-state index in [2.05, 4.69) is 41.0 Å². The van der Waals surface area contributed by atoms with Gasteiger partial charge in [0.2, 0.25) is 5.91 Å². The second kappa shape index (κ2) is 11.4. The van der Waals surface area contributed by atoms with Crippen LogP contribution in [0.5, 0.6) is 0 Å². The number of nitrogens with one attached hydrogen (secondary N) is 2. The summed E-state index contributed by atoms with van der Waals surface area (Å²) in [6.45, 7) is 1.72. The van der Waals surface area contributed by atoms with Gasteiger partial charge in [-0.3, -0.25) is 4.79 Å². The first-order valence-corrected chi connectivity index (χ1v) is 8.32. The van der Waals surface area contributed by atoms with E-state index in [9.17, 15) is 4.79 Å². The second-order valence-corrected chi connectivity index (χ2v) is 6.08. The number of carbonyl (C=O) groups is 1. The van der Waals surface area contributed by atoms with Gasteiger partial charge in [0.25, 0.3) is 0 Å². The van der Waals surface area contributed by atoms with E-state index in [4.69, 9.17) is 4.74 Å². The highest BCUT2D eigenvalue weighted by atomic mass is 35.5. The van der Waals surface area contributed by atoms with Crippen LogP contribution in [-0.2, 0) is 16.0 Å². The molecule has 0 heterocycles. The van der Waals surface area contributed by atoms with Crippen LogP contribution >= 0.6 is 12.4 Å². The normalized spacial score (nSPS) is 20.6. The topological polar surface area (TPSA) is 50.4 Å². The summed E-state index contributed by atoms with van der Waals surface area (Å²) in [5, 5.41) is 6.33. The number of ether oxygens (including phenoxy) is 1. The van der Waals surface area contributed by atoms with Gasteiger partial charge in [0.1, 0.15) is 0 Å². The lowest BCUT2D eigenvalue weighted by atomic mass is 9.80. The molecule has 1 aromatic carbocycles. The van der Waals surface area contributed by atoms with Crippen LogP contribution in [0, 0.1) is 5.92 Å². The number of halogens is 1. The summed E-state index contributed by atoms with van der Waals surface area (Å²) in [5.41, 5.74) is 1.37. The zero-order chi connectivity index (χ0) is 15.6. The first kappa shape index (κ1) is 19.9. The molecule has 1 aromatic rings. The van der Waals surface area contributed by atoms with Crippen LogP contribution < -0.4 is 10.6 Å². The molecule has 1 fully saturated rings. The fourth-order valence-electron chi connectivity index (χ4n) is 3.19. The largest absolute Gasteiger partial charge is 0.383 e. The van der Waals surface area contributed by atoms with Crippen molar-refractivity contribution in [3.05, 3.63) is 35.9 Å². The average Bonchev–Trinajstić information content (AvgIpc) is 2.54. The predicted octanol–water partition coefficient (Wildman–Crippen LogP) is 2.56. The van der Waals surface area contributed by atoms with E-state index < -0.39 is 0 Å². The van der Waals surface area contributed by atoms with Crippen molar-refractivity contribution in [3.63, 3.8) is 0 Å². The lowest BCUT2D eigenvalue weighted by molar-refractivity contribution is -0.121. The number of methoxy groups -OCH3 is 1. The SMILES string of the molecule is COCCNCC(=O)NC1CCCCC1Cc1ccccc1.Cl. The van der Waals surface area contributed by atoms with Crippen LogP contribution in [0.2, 0.25) is 0 Å². The highest BCUT2D eigenvalue weighted by Gasteiger charge is 2.26. The van der Waals surface area contributed by atoms with Gasteiger partial charge < -0.3 is 15.4 Å². The molecule has 0 spiro atoms. The maximum absolute atomic E-state index is 12.1. The van der Waals surface area contributed by atoms with Crippen molar-refractivity contribution >= 4 is 18.3 Å². The van der Waals surface area contributed by atoms with Gasteiger partial charge in [-0.15, -0.1) is 12.4 Å². The van der Waals surface area contributed by atoms with Gasteiger partial charge in [0.15, 0.2) is 0 Å². The maximum atomic E-state index is 12.1. The Labute approximate surface area is 145 Å². The minimum Gasteiger partial charge on any atom is -0.383 e. The van der Waals surface area contributed by atoms with Crippen LogP contribution in [0.15, 0.2) is 30.3 Å². The summed E-state index contributed by atoms with van der Waals surface area (Å²) in [6.07, 6.45) is 5.85.